The molecule has 0 radical (unpaired) electrons. The average Bonchev–Trinajstić information content (AvgIpc) is 1.94. The van der Waals surface area contributed by atoms with Gasteiger partial charge in [0.1, 0.15) is 11.5 Å². The normalized spacial score (nSPS) is 9.40. The minimum Gasteiger partial charge on any atom is -0.508 e. The lowest BCUT2D eigenvalue weighted by Gasteiger charge is -2.02. The van der Waals surface area contributed by atoms with Crippen molar-refractivity contribution in [2.24, 2.45) is 0 Å². The molecule has 0 saturated carbocycles. The van der Waals surface area contributed by atoms with Crippen molar-refractivity contribution in [2.45, 2.75) is 4.90 Å². The van der Waals surface area contributed by atoms with Crippen molar-refractivity contribution in [1.82, 2.24) is 0 Å². The van der Waals surface area contributed by atoms with Gasteiger partial charge in [0, 0.05) is 11.0 Å². The Bertz CT molecular complexity index is 235. The molecule has 0 aliphatic heterocycles. The maximum Gasteiger partial charge on any atom is 0.135 e. The molecule has 0 aliphatic carbocycles. The zero-order valence-electron chi connectivity index (χ0n) is 5.53. The van der Waals surface area contributed by atoms with Crippen molar-refractivity contribution in [1.29, 1.82) is 0 Å². The molecule has 2 nitrogen and oxygen atoms in total. The van der Waals surface area contributed by atoms with E-state index in [4.69, 9.17) is 9.84 Å². The van der Waals surface area contributed by atoms with Crippen LogP contribution in [0.2, 0.25) is 0 Å². The number of rotatable bonds is 1. The molecule has 0 aromatic heterocycles. The number of methoxy groups -OCH3 is 1. The van der Waals surface area contributed by atoms with Gasteiger partial charge in [-0.05, 0) is 12.1 Å². The van der Waals surface area contributed by atoms with Crippen LogP contribution in [0.3, 0.4) is 0 Å². The fourth-order valence-electron chi connectivity index (χ4n) is 0.666. The fraction of sp³-hybridized carbons (Fsp3) is 0.143. The van der Waals surface area contributed by atoms with Gasteiger partial charge in [-0.15, -0.1) is 12.6 Å². The molecule has 1 aromatic rings. The summed E-state index contributed by atoms with van der Waals surface area (Å²) in [5, 5.41) is 8.95. The summed E-state index contributed by atoms with van der Waals surface area (Å²) in [4.78, 5) is 0.723. The summed E-state index contributed by atoms with van der Waals surface area (Å²) < 4.78 is 4.89. The lowest BCUT2D eigenvalue weighted by Crippen LogP contribution is -1.82. The quantitative estimate of drug-likeness (QED) is 0.606. The first-order chi connectivity index (χ1) is 4.74. The standard InChI is InChI=1S/C7H8O2S/c1-9-6-4-5(8)2-3-7(6)10/h2-4,8,10H,1H3. The van der Waals surface area contributed by atoms with E-state index >= 15 is 0 Å². The van der Waals surface area contributed by atoms with Crippen LogP contribution < -0.4 is 4.74 Å². The van der Waals surface area contributed by atoms with Gasteiger partial charge in [-0.1, -0.05) is 0 Å². The lowest BCUT2D eigenvalue weighted by molar-refractivity contribution is 0.398. The van der Waals surface area contributed by atoms with Crippen LogP contribution in [0.15, 0.2) is 23.1 Å². The molecule has 0 heterocycles. The van der Waals surface area contributed by atoms with Crippen LogP contribution in [0.5, 0.6) is 11.5 Å². The molecule has 0 bridgehead atoms. The summed E-state index contributed by atoms with van der Waals surface area (Å²) in [6.07, 6.45) is 0. The Morgan fingerprint density at radius 2 is 2.20 bits per heavy atom. The van der Waals surface area contributed by atoms with Crippen LogP contribution in [0.4, 0.5) is 0 Å². The van der Waals surface area contributed by atoms with E-state index in [2.05, 4.69) is 12.6 Å². The van der Waals surface area contributed by atoms with Gasteiger partial charge in [0.15, 0.2) is 0 Å². The molecule has 1 aromatic carbocycles. The molecule has 0 fully saturated rings. The Labute approximate surface area is 64.9 Å². The molecule has 0 atom stereocenters. The highest BCUT2D eigenvalue weighted by Crippen LogP contribution is 2.25. The lowest BCUT2D eigenvalue weighted by atomic mass is 10.3. The van der Waals surface area contributed by atoms with Gasteiger partial charge in [-0.3, -0.25) is 0 Å². The smallest absolute Gasteiger partial charge is 0.135 e. The first kappa shape index (κ1) is 7.28. The number of aromatic hydroxyl groups is 1. The molecular formula is C7H8O2S. The van der Waals surface area contributed by atoms with E-state index in [-0.39, 0.29) is 5.75 Å². The number of thiol groups is 1. The molecule has 1 N–H and O–H groups in total. The highest BCUT2D eigenvalue weighted by molar-refractivity contribution is 7.80. The highest BCUT2D eigenvalue weighted by Gasteiger charge is 1.97. The zero-order chi connectivity index (χ0) is 7.56. The molecule has 0 unspecified atom stereocenters. The summed E-state index contributed by atoms with van der Waals surface area (Å²) in [5.41, 5.74) is 0. The third-order valence-electron chi connectivity index (χ3n) is 1.16. The number of hydrogen-bond donors (Lipinski definition) is 2. The summed E-state index contributed by atoms with van der Waals surface area (Å²) in [7, 11) is 1.54. The van der Waals surface area contributed by atoms with E-state index in [0.29, 0.717) is 5.75 Å². The first-order valence-electron chi connectivity index (χ1n) is 2.80. The van der Waals surface area contributed by atoms with Gasteiger partial charge < -0.3 is 9.84 Å². The van der Waals surface area contributed by atoms with Gasteiger partial charge in [0.05, 0.1) is 7.11 Å². The zero-order valence-corrected chi connectivity index (χ0v) is 6.43. The minimum absolute atomic E-state index is 0.189. The van der Waals surface area contributed by atoms with Gasteiger partial charge in [0.2, 0.25) is 0 Å². The number of hydrogen-bond acceptors (Lipinski definition) is 3. The van der Waals surface area contributed by atoms with Crippen molar-refractivity contribution in [3.63, 3.8) is 0 Å². The van der Waals surface area contributed by atoms with E-state index in [1.807, 2.05) is 0 Å². The third-order valence-corrected chi connectivity index (χ3v) is 1.53. The number of phenolic OH excluding ortho intramolecular Hbond substituents is 1. The molecule has 0 amide bonds. The maximum atomic E-state index is 8.95. The Kier molecular flexibility index (Phi) is 2.06. The van der Waals surface area contributed by atoms with E-state index in [1.54, 1.807) is 12.1 Å². The molecule has 0 aliphatic rings. The van der Waals surface area contributed by atoms with Gasteiger partial charge in [0.25, 0.3) is 0 Å². The summed E-state index contributed by atoms with van der Waals surface area (Å²) in [6.45, 7) is 0. The second-order valence-corrected chi connectivity index (χ2v) is 2.34. The molecule has 0 saturated heterocycles. The highest BCUT2D eigenvalue weighted by atomic mass is 32.1. The summed E-state index contributed by atoms with van der Waals surface area (Å²) in [6, 6.07) is 4.75. The Hall–Kier alpha value is -0.830. The molecule has 0 spiro atoms. The maximum absolute atomic E-state index is 8.95. The SMILES string of the molecule is COc1cc(O)ccc1S. The van der Waals surface area contributed by atoms with E-state index in [9.17, 15) is 0 Å². The molecule has 1 rings (SSSR count). The second kappa shape index (κ2) is 2.84. The second-order valence-electron chi connectivity index (χ2n) is 1.86. The van der Waals surface area contributed by atoms with Crippen LogP contribution in [0, 0.1) is 0 Å². The van der Waals surface area contributed by atoms with Crippen LogP contribution in [-0.2, 0) is 0 Å². The van der Waals surface area contributed by atoms with Crippen LogP contribution in [-0.4, -0.2) is 12.2 Å². The largest absolute Gasteiger partial charge is 0.508 e. The van der Waals surface area contributed by atoms with E-state index in [0.717, 1.165) is 4.90 Å². The van der Waals surface area contributed by atoms with Crippen molar-refractivity contribution >= 4 is 12.6 Å². The van der Waals surface area contributed by atoms with Crippen molar-refractivity contribution in [3.05, 3.63) is 18.2 Å². The molecular weight excluding hydrogens is 148 g/mol. The predicted molar refractivity (Wildman–Crippen MR) is 41.9 cm³/mol. The van der Waals surface area contributed by atoms with E-state index < -0.39 is 0 Å². The van der Waals surface area contributed by atoms with Crippen LogP contribution in [0.25, 0.3) is 0 Å². The fourth-order valence-corrected chi connectivity index (χ4v) is 0.897. The minimum atomic E-state index is 0.189. The number of ether oxygens (including phenoxy) is 1. The first-order valence-corrected chi connectivity index (χ1v) is 3.24. The Balaban J connectivity index is 3.09. The van der Waals surface area contributed by atoms with E-state index in [1.165, 1.54) is 13.2 Å². The Morgan fingerprint density at radius 1 is 1.50 bits per heavy atom. The van der Waals surface area contributed by atoms with Crippen LogP contribution >= 0.6 is 12.6 Å². The molecule has 10 heavy (non-hydrogen) atoms. The van der Waals surface area contributed by atoms with Crippen molar-refractivity contribution < 1.29 is 9.84 Å². The van der Waals surface area contributed by atoms with Gasteiger partial charge in [-0.25, -0.2) is 0 Å². The van der Waals surface area contributed by atoms with Crippen molar-refractivity contribution in [3.8, 4) is 11.5 Å². The van der Waals surface area contributed by atoms with Crippen molar-refractivity contribution in [2.75, 3.05) is 7.11 Å². The Morgan fingerprint density at radius 3 is 2.70 bits per heavy atom. The number of phenols is 1. The monoisotopic (exact) mass is 156 g/mol. The van der Waals surface area contributed by atoms with Gasteiger partial charge >= 0.3 is 0 Å². The van der Waals surface area contributed by atoms with Gasteiger partial charge in [-0.2, -0.15) is 0 Å². The summed E-state index contributed by atoms with van der Waals surface area (Å²) >= 11 is 4.09. The average molecular weight is 156 g/mol. The molecule has 3 heteroatoms. The summed E-state index contributed by atoms with van der Waals surface area (Å²) in [5.74, 6) is 0.776. The number of benzene rings is 1. The molecule has 54 valence electrons. The third kappa shape index (κ3) is 1.36. The predicted octanol–water partition coefficient (Wildman–Crippen LogP) is 1.69. The topological polar surface area (TPSA) is 29.5 Å². The van der Waals surface area contributed by atoms with Crippen LogP contribution in [0.1, 0.15) is 0 Å².